The first-order valence-electron chi connectivity index (χ1n) is 7.31. The van der Waals surface area contributed by atoms with Crippen LogP contribution >= 0.6 is 0 Å². The molecule has 120 valence electrons. The highest BCUT2D eigenvalue weighted by molar-refractivity contribution is 7.89. The van der Waals surface area contributed by atoms with Crippen molar-refractivity contribution >= 4 is 15.7 Å². The standard InChI is InChI=1S/C14H26N4O2S/c1-5-12(3)18(4)11-10-17-21(19,20)14-13(15-6-2)8-7-9-16-14/h7-9,12,15,17H,5-6,10-11H2,1-4H3. The molecule has 7 heteroatoms. The van der Waals surface area contributed by atoms with E-state index in [1.54, 1.807) is 12.1 Å². The molecule has 6 nitrogen and oxygen atoms in total. The zero-order valence-corrected chi connectivity index (χ0v) is 14.1. The van der Waals surface area contributed by atoms with Gasteiger partial charge in [-0.1, -0.05) is 6.92 Å². The van der Waals surface area contributed by atoms with E-state index in [9.17, 15) is 8.42 Å². The van der Waals surface area contributed by atoms with Gasteiger partial charge in [0.2, 0.25) is 0 Å². The van der Waals surface area contributed by atoms with Crippen LogP contribution in [0.15, 0.2) is 23.4 Å². The Kier molecular flexibility index (Phi) is 7.07. The number of pyridine rings is 1. The first-order valence-corrected chi connectivity index (χ1v) is 8.79. The van der Waals surface area contributed by atoms with Gasteiger partial charge in [0.15, 0.2) is 5.03 Å². The normalized spacial score (nSPS) is 13.4. The zero-order chi connectivity index (χ0) is 15.9. The highest BCUT2D eigenvalue weighted by Crippen LogP contribution is 2.17. The third-order valence-corrected chi connectivity index (χ3v) is 4.91. The third-order valence-electron chi connectivity index (χ3n) is 3.49. The highest BCUT2D eigenvalue weighted by atomic mass is 32.2. The van der Waals surface area contributed by atoms with Crippen molar-refractivity contribution in [3.8, 4) is 0 Å². The van der Waals surface area contributed by atoms with Crippen LogP contribution in [-0.4, -0.2) is 51.0 Å². The van der Waals surface area contributed by atoms with Crippen molar-refractivity contribution in [2.24, 2.45) is 0 Å². The van der Waals surface area contributed by atoms with Crippen LogP contribution in [-0.2, 0) is 10.0 Å². The van der Waals surface area contributed by atoms with Gasteiger partial charge in [-0.2, -0.15) is 0 Å². The maximum atomic E-state index is 12.3. The van der Waals surface area contributed by atoms with Crippen LogP contribution < -0.4 is 10.0 Å². The summed E-state index contributed by atoms with van der Waals surface area (Å²) in [7, 11) is -1.60. The van der Waals surface area contributed by atoms with Crippen molar-refractivity contribution in [2.45, 2.75) is 38.3 Å². The second kappa shape index (κ2) is 8.31. The van der Waals surface area contributed by atoms with Crippen molar-refractivity contribution in [3.05, 3.63) is 18.3 Å². The predicted octanol–water partition coefficient (Wildman–Crippen LogP) is 1.52. The molecule has 0 fully saturated rings. The second-order valence-electron chi connectivity index (χ2n) is 5.02. The number of hydrogen-bond donors (Lipinski definition) is 2. The van der Waals surface area contributed by atoms with Crippen LogP contribution in [0.3, 0.4) is 0 Å². The van der Waals surface area contributed by atoms with Gasteiger partial charge in [-0.05, 0) is 39.4 Å². The zero-order valence-electron chi connectivity index (χ0n) is 13.3. The molecule has 21 heavy (non-hydrogen) atoms. The van der Waals surface area contributed by atoms with Crippen molar-refractivity contribution in [2.75, 3.05) is 32.0 Å². The molecule has 1 unspecified atom stereocenters. The van der Waals surface area contributed by atoms with Gasteiger partial charge in [0.05, 0.1) is 5.69 Å². The average molecular weight is 314 g/mol. The summed E-state index contributed by atoms with van der Waals surface area (Å²) in [5.41, 5.74) is 0.530. The number of sulfonamides is 1. The molecule has 0 amide bonds. The van der Waals surface area contributed by atoms with Crippen LogP contribution in [0.1, 0.15) is 27.2 Å². The maximum Gasteiger partial charge on any atom is 0.260 e. The van der Waals surface area contributed by atoms with Gasteiger partial charge in [0, 0.05) is 31.9 Å². The summed E-state index contributed by atoms with van der Waals surface area (Å²) in [6.45, 7) is 7.82. The minimum Gasteiger partial charge on any atom is -0.383 e. The minimum absolute atomic E-state index is 0.0537. The number of nitrogens with one attached hydrogen (secondary N) is 2. The van der Waals surface area contributed by atoms with Gasteiger partial charge in [-0.3, -0.25) is 0 Å². The summed E-state index contributed by atoms with van der Waals surface area (Å²) >= 11 is 0. The Morgan fingerprint density at radius 3 is 2.71 bits per heavy atom. The SMILES string of the molecule is CCNc1cccnc1S(=O)(=O)NCCN(C)C(C)CC. The lowest BCUT2D eigenvalue weighted by atomic mass is 10.2. The van der Waals surface area contributed by atoms with E-state index in [-0.39, 0.29) is 5.03 Å². The number of likely N-dealkylation sites (N-methyl/N-ethyl adjacent to an activating group) is 1. The molecule has 0 bridgehead atoms. The number of hydrogen-bond acceptors (Lipinski definition) is 5. The molecule has 0 saturated heterocycles. The minimum atomic E-state index is -3.59. The van der Waals surface area contributed by atoms with Crippen LogP contribution in [0.4, 0.5) is 5.69 Å². The van der Waals surface area contributed by atoms with Gasteiger partial charge in [0.25, 0.3) is 10.0 Å². The second-order valence-corrected chi connectivity index (χ2v) is 6.70. The average Bonchev–Trinajstić information content (AvgIpc) is 2.46. The van der Waals surface area contributed by atoms with E-state index in [1.807, 2.05) is 14.0 Å². The first kappa shape index (κ1) is 17.9. The van der Waals surface area contributed by atoms with E-state index in [1.165, 1.54) is 6.20 Å². The van der Waals surface area contributed by atoms with E-state index in [0.29, 0.717) is 31.4 Å². The molecule has 0 aliphatic carbocycles. The molecule has 1 aromatic rings. The fraction of sp³-hybridized carbons (Fsp3) is 0.643. The fourth-order valence-corrected chi connectivity index (χ4v) is 3.01. The molecule has 1 aromatic heterocycles. The van der Waals surface area contributed by atoms with Gasteiger partial charge < -0.3 is 10.2 Å². The van der Waals surface area contributed by atoms with Crippen molar-refractivity contribution in [3.63, 3.8) is 0 Å². The number of aromatic nitrogens is 1. The van der Waals surface area contributed by atoms with Gasteiger partial charge in [0.1, 0.15) is 0 Å². The number of rotatable bonds is 9. The van der Waals surface area contributed by atoms with E-state index in [4.69, 9.17) is 0 Å². The lowest BCUT2D eigenvalue weighted by Gasteiger charge is -2.23. The van der Waals surface area contributed by atoms with Gasteiger partial charge >= 0.3 is 0 Å². The first-order chi connectivity index (χ1) is 9.92. The van der Waals surface area contributed by atoms with Crippen molar-refractivity contribution < 1.29 is 8.42 Å². The Balaban J connectivity index is 2.70. The Bertz CT molecular complexity index is 534. The quantitative estimate of drug-likeness (QED) is 0.723. The van der Waals surface area contributed by atoms with E-state index >= 15 is 0 Å². The summed E-state index contributed by atoms with van der Waals surface area (Å²) in [6.07, 6.45) is 2.52. The summed E-state index contributed by atoms with van der Waals surface area (Å²) in [6, 6.07) is 3.87. The molecular weight excluding hydrogens is 288 g/mol. The molecule has 1 heterocycles. The molecular formula is C14H26N4O2S. The molecule has 0 radical (unpaired) electrons. The van der Waals surface area contributed by atoms with Crippen molar-refractivity contribution in [1.29, 1.82) is 0 Å². The lowest BCUT2D eigenvalue weighted by molar-refractivity contribution is 0.256. The summed E-state index contributed by atoms with van der Waals surface area (Å²) < 4.78 is 27.2. The summed E-state index contributed by atoms with van der Waals surface area (Å²) in [5, 5.41) is 3.07. The Morgan fingerprint density at radius 1 is 1.38 bits per heavy atom. The highest BCUT2D eigenvalue weighted by Gasteiger charge is 2.19. The topological polar surface area (TPSA) is 74.3 Å². The van der Waals surface area contributed by atoms with E-state index < -0.39 is 10.0 Å². The molecule has 0 spiro atoms. The molecule has 0 aliphatic rings. The summed E-state index contributed by atoms with van der Waals surface area (Å²) in [5.74, 6) is 0. The molecule has 0 aliphatic heterocycles. The lowest BCUT2D eigenvalue weighted by Crippen LogP contribution is -2.37. The molecule has 0 saturated carbocycles. The van der Waals surface area contributed by atoms with E-state index in [2.05, 4.69) is 33.8 Å². The largest absolute Gasteiger partial charge is 0.383 e. The predicted molar refractivity (Wildman–Crippen MR) is 86.0 cm³/mol. The van der Waals surface area contributed by atoms with Crippen LogP contribution in [0, 0.1) is 0 Å². The Hall–Kier alpha value is -1.18. The molecule has 1 atom stereocenters. The molecule has 2 N–H and O–H groups in total. The van der Waals surface area contributed by atoms with Crippen LogP contribution in [0.2, 0.25) is 0 Å². The van der Waals surface area contributed by atoms with Crippen LogP contribution in [0.5, 0.6) is 0 Å². The van der Waals surface area contributed by atoms with Crippen molar-refractivity contribution in [1.82, 2.24) is 14.6 Å². The van der Waals surface area contributed by atoms with Gasteiger partial charge in [-0.15, -0.1) is 0 Å². The third kappa shape index (κ3) is 5.26. The summed E-state index contributed by atoms with van der Waals surface area (Å²) in [4.78, 5) is 6.12. The number of anilines is 1. The van der Waals surface area contributed by atoms with E-state index in [0.717, 1.165) is 6.42 Å². The fourth-order valence-electron chi connectivity index (χ4n) is 1.89. The smallest absolute Gasteiger partial charge is 0.260 e. The monoisotopic (exact) mass is 314 g/mol. The maximum absolute atomic E-state index is 12.3. The Labute approximate surface area is 128 Å². The Morgan fingerprint density at radius 2 is 2.10 bits per heavy atom. The molecule has 1 rings (SSSR count). The van der Waals surface area contributed by atoms with Crippen LogP contribution in [0.25, 0.3) is 0 Å². The number of nitrogens with zero attached hydrogens (tertiary/aromatic N) is 2. The molecule has 0 aromatic carbocycles. The van der Waals surface area contributed by atoms with Gasteiger partial charge in [-0.25, -0.2) is 18.1 Å².